The van der Waals surface area contributed by atoms with Crippen molar-refractivity contribution in [2.75, 3.05) is 0 Å². The smallest absolute Gasteiger partial charge is 0.316 e. The molecule has 9 heteroatoms. The van der Waals surface area contributed by atoms with Crippen LogP contribution in [0.4, 0.5) is 5.69 Å². The average molecular weight is 383 g/mol. The summed E-state index contributed by atoms with van der Waals surface area (Å²) in [5.74, 6) is 0. The van der Waals surface area contributed by atoms with Gasteiger partial charge >= 0.3 is 11.1 Å². The monoisotopic (exact) mass is 383 g/mol. The van der Waals surface area contributed by atoms with Gasteiger partial charge in [-0.05, 0) is 30.5 Å². The van der Waals surface area contributed by atoms with Crippen molar-refractivity contribution in [3.05, 3.63) is 67.0 Å². The third kappa shape index (κ3) is 3.03. The summed E-state index contributed by atoms with van der Waals surface area (Å²) >= 11 is 0. The maximum Gasteiger partial charge on any atom is 0.316 e. The normalized spacial score (nSPS) is 15.2. The predicted octanol–water partition coefficient (Wildman–Crippen LogP) is 2.35. The van der Waals surface area contributed by atoms with Gasteiger partial charge in [0.05, 0.1) is 16.0 Å². The molecule has 0 bridgehead atoms. The number of aromatic nitrogens is 3. The van der Waals surface area contributed by atoms with E-state index in [0.29, 0.717) is 17.7 Å². The zero-order chi connectivity index (χ0) is 19.8. The Morgan fingerprint density at radius 3 is 2.61 bits per heavy atom. The Morgan fingerprint density at radius 1 is 1.21 bits per heavy atom. The third-order valence-electron chi connectivity index (χ3n) is 5.42. The fourth-order valence-electron chi connectivity index (χ4n) is 4.03. The maximum absolute atomic E-state index is 12.7. The number of benzene rings is 1. The van der Waals surface area contributed by atoms with E-state index in [2.05, 4.69) is 4.98 Å². The van der Waals surface area contributed by atoms with Crippen molar-refractivity contribution < 1.29 is 4.92 Å². The Kier molecular flexibility index (Phi) is 4.60. The lowest BCUT2D eigenvalue weighted by molar-refractivity contribution is -0.384. The molecule has 0 unspecified atom stereocenters. The molecule has 1 aliphatic carbocycles. The van der Waals surface area contributed by atoms with Gasteiger partial charge in [0.2, 0.25) is 0 Å². The van der Waals surface area contributed by atoms with Crippen molar-refractivity contribution >= 4 is 16.7 Å². The molecule has 0 radical (unpaired) electrons. The molecule has 4 rings (SSSR count). The fourth-order valence-corrected chi connectivity index (χ4v) is 4.03. The van der Waals surface area contributed by atoms with Crippen LogP contribution in [0.3, 0.4) is 0 Å². The van der Waals surface area contributed by atoms with E-state index in [1.165, 1.54) is 10.6 Å². The van der Waals surface area contributed by atoms with Crippen molar-refractivity contribution in [1.29, 1.82) is 0 Å². The van der Waals surface area contributed by atoms with Gasteiger partial charge in [0.25, 0.3) is 5.69 Å². The Labute approximate surface area is 159 Å². The zero-order valence-electron chi connectivity index (χ0n) is 15.3. The fraction of sp³-hybridized carbons (Fsp3) is 0.368. The highest BCUT2D eigenvalue weighted by Gasteiger charge is 2.24. The second kappa shape index (κ2) is 7.08. The molecule has 1 aromatic carbocycles. The van der Waals surface area contributed by atoms with Gasteiger partial charge in [-0.3, -0.25) is 24.3 Å². The molecule has 0 spiro atoms. The first-order valence-electron chi connectivity index (χ1n) is 9.34. The number of rotatable bonds is 4. The Morgan fingerprint density at radius 2 is 1.96 bits per heavy atom. The summed E-state index contributed by atoms with van der Waals surface area (Å²) in [6.07, 6.45) is 8.13. The van der Waals surface area contributed by atoms with E-state index < -0.39 is 16.0 Å². The Hall–Kier alpha value is -3.20. The maximum atomic E-state index is 12.7. The molecular weight excluding hydrogens is 362 g/mol. The second-order valence-electron chi connectivity index (χ2n) is 7.17. The lowest BCUT2D eigenvalue weighted by atomic mass is 9.95. The number of nitrogens with two attached hydrogens (primary N) is 1. The standard InChI is InChI=1S/C19H21N5O4/c20-10-12-6-7-22(11-12)16-9-15-14(8-17(16)24(27)28)21-18(25)19(26)23(15)13-4-2-1-3-5-13/h6-9,11,13H,1-5,10,20H2,(H,21,25). The van der Waals surface area contributed by atoms with Gasteiger partial charge in [-0.1, -0.05) is 19.3 Å². The minimum Gasteiger partial charge on any atom is -0.326 e. The summed E-state index contributed by atoms with van der Waals surface area (Å²) in [6, 6.07) is 4.64. The van der Waals surface area contributed by atoms with Gasteiger partial charge in [0.1, 0.15) is 5.69 Å². The van der Waals surface area contributed by atoms with Gasteiger partial charge < -0.3 is 15.3 Å². The van der Waals surface area contributed by atoms with Crippen LogP contribution in [-0.4, -0.2) is 19.0 Å². The number of H-pyrrole nitrogens is 1. The van der Waals surface area contributed by atoms with Crippen molar-refractivity contribution in [2.24, 2.45) is 5.73 Å². The van der Waals surface area contributed by atoms with Crippen LogP contribution < -0.4 is 16.9 Å². The van der Waals surface area contributed by atoms with Crippen molar-refractivity contribution in [1.82, 2.24) is 14.1 Å². The number of nitro groups is 1. The molecule has 2 aromatic heterocycles. The summed E-state index contributed by atoms with van der Waals surface area (Å²) in [4.78, 5) is 38.5. The Balaban J connectivity index is 2.02. The first-order chi connectivity index (χ1) is 13.5. The molecule has 0 amide bonds. The molecular formula is C19H21N5O4. The van der Waals surface area contributed by atoms with E-state index >= 15 is 0 Å². The lowest BCUT2D eigenvalue weighted by Crippen LogP contribution is -2.39. The molecule has 146 valence electrons. The van der Waals surface area contributed by atoms with Crippen LogP contribution in [0.2, 0.25) is 0 Å². The summed E-state index contributed by atoms with van der Waals surface area (Å²) in [6.45, 7) is 0.314. The number of aromatic amines is 1. The van der Waals surface area contributed by atoms with Crippen LogP contribution in [-0.2, 0) is 6.54 Å². The molecule has 1 saturated carbocycles. The SMILES string of the molecule is NCc1ccn(-c2cc3c(cc2[N+](=O)[O-])[nH]c(=O)c(=O)n3C2CCCCC2)c1. The highest BCUT2D eigenvalue weighted by atomic mass is 16.6. The van der Waals surface area contributed by atoms with Crippen molar-refractivity contribution in [2.45, 2.75) is 44.7 Å². The van der Waals surface area contributed by atoms with Crippen LogP contribution in [0.25, 0.3) is 16.7 Å². The van der Waals surface area contributed by atoms with Gasteiger partial charge in [-0.2, -0.15) is 0 Å². The molecule has 28 heavy (non-hydrogen) atoms. The van der Waals surface area contributed by atoms with Crippen molar-refractivity contribution in [3.8, 4) is 5.69 Å². The van der Waals surface area contributed by atoms with E-state index in [9.17, 15) is 19.7 Å². The third-order valence-corrected chi connectivity index (χ3v) is 5.42. The van der Waals surface area contributed by atoms with E-state index in [-0.39, 0.29) is 17.2 Å². The molecule has 0 atom stereocenters. The quantitative estimate of drug-likeness (QED) is 0.406. The van der Waals surface area contributed by atoms with Crippen LogP contribution in [0.5, 0.6) is 0 Å². The number of fused-ring (bicyclic) bond motifs is 1. The van der Waals surface area contributed by atoms with E-state index in [1.807, 2.05) is 0 Å². The molecule has 3 aromatic rings. The van der Waals surface area contributed by atoms with E-state index in [4.69, 9.17) is 5.73 Å². The molecule has 9 nitrogen and oxygen atoms in total. The highest BCUT2D eigenvalue weighted by molar-refractivity contribution is 5.82. The minimum atomic E-state index is -0.758. The van der Waals surface area contributed by atoms with E-state index in [0.717, 1.165) is 37.7 Å². The number of hydrogen-bond donors (Lipinski definition) is 2. The minimum absolute atomic E-state index is 0.0791. The summed E-state index contributed by atoms with van der Waals surface area (Å²) in [5.41, 5.74) is 6.07. The largest absolute Gasteiger partial charge is 0.326 e. The van der Waals surface area contributed by atoms with Crippen LogP contribution in [0.1, 0.15) is 43.7 Å². The van der Waals surface area contributed by atoms with Gasteiger partial charge in [0.15, 0.2) is 0 Å². The molecule has 2 heterocycles. The lowest BCUT2D eigenvalue weighted by Gasteiger charge is -2.25. The number of nitrogens with one attached hydrogen (secondary N) is 1. The number of nitrogens with zero attached hydrogens (tertiary/aromatic N) is 3. The second-order valence-corrected chi connectivity index (χ2v) is 7.17. The Bertz CT molecular complexity index is 1170. The van der Waals surface area contributed by atoms with Crippen molar-refractivity contribution in [3.63, 3.8) is 0 Å². The summed E-state index contributed by atoms with van der Waals surface area (Å²) in [5, 5.41) is 11.7. The van der Waals surface area contributed by atoms with Crippen LogP contribution >= 0.6 is 0 Å². The van der Waals surface area contributed by atoms with E-state index in [1.54, 1.807) is 29.1 Å². The first kappa shape index (κ1) is 18.2. The molecule has 0 saturated heterocycles. The highest BCUT2D eigenvalue weighted by Crippen LogP contribution is 2.32. The van der Waals surface area contributed by atoms with Gasteiger partial charge in [-0.15, -0.1) is 0 Å². The van der Waals surface area contributed by atoms with Crippen LogP contribution in [0.15, 0.2) is 40.2 Å². The van der Waals surface area contributed by atoms with Gasteiger partial charge in [0, 0.05) is 31.0 Å². The zero-order valence-corrected chi connectivity index (χ0v) is 15.3. The van der Waals surface area contributed by atoms with Gasteiger partial charge in [-0.25, -0.2) is 0 Å². The molecule has 1 fully saturated rings. The molecule has 0 aliphatic heterocycles. The number of hydrogen-bond acceptors (Lipinski definition) is 5. The first-order valence-corrected chi connectivity index (χ1v) is 9.34. The summed E-state index contributed by atoms with van der Waals surface area (Å²) < 4.78 is 3.15. The molecule has 1 aliphatic rings. The van der Waals surface area contributed by atoms with Crippen LogP contribution in [0, 0.1) is 10.1 Å². The predicted molar refractivity (Wildman–Crippen MR) is 105 cm³/mol. The topological polar surface area (TPSA) is 129 Å². The number of nitro benzene ring substituents is 1. The summed E-state index contributed by atoms with van der Waals surface area (Å²) in [7, 11) is 0. The molecule has 3 N–H and O–H groups in total. The average Bonchev–Trinajstić information content (AvgIpc) is 3.18.